The topological polar surface area (TPSA) is 84.2 Å². The minimum atomic E-state index is -0.254. The van der Waals surface area contributed by atoms with Gasteiger partial charge in [0.1, 0.15) is 0 Å². The molecule has 0 saturated heterocycles. The van der Waals surface area contributed by atoms with Crippen molar-refractivity contribution in [1.82, 2.24) is 5.32 Å². The predicted octanol–water partition coefficient (Wildman–Crippen LogP) is 2.98. The first-order valence-corrected chi connectivity index (χ1v) is 8.39. The number of halogens is 1. The van der Waals surface area contributed by atoms with E-state index in [0.29, 0.717) is 34.2 Å². The monoisotopic (exact) mass is 351 g/mol. The van der Waals surface area contributed by atoms with Gasteiger partial charge in [-0.05, 0) is 42.1 Å². The molecule has 1 atom stereocenters. The summed E-state index contributed by atoms with van der Waals surface area (Å²) in [7, 11) is 0. The third-order valence-corrected chi connectivity index (χ3v) is 4.43. The number of anilines is 1. The maximum Gasteiger partial charge on any atom is 0.265 e. The van der Waals surface area contributed by atoms with E-state index in [1.54, 1.807) is 30.3 Å². The highest BCUT2D eigenvalue weighted by Crippen LogP contribution is 2.24. The fourth-order valence-corrected chi connectivity index (χ4v) is 2.59. The molecule has 2 rings (SSSR count). The molecule has 0 fully saturated rings. The highest BCUT2D eigenvalue weighted by molar-refractivity contribution is 7.12. The molecule has 1 unspecified atom stereocenters. The minimum Gasteiger partial charge on any atom is -0.352 e. The minimum absolute atomic E-state index is 0.198. The quantitative estimate of drug-likeness (QED) is 0.748. The van der Waals surface area contributed by atoms with Crippen LogP contribution in [-0.2, 0) is 0 Å². The van der Waals surface area contributed by atoms with Gasteiger partial charge in [-0.25, -0.2) is 0 Å². The SMILES string of the molecule is CC(CN)CNC(=O)c1ccc(Cl)c(NC(=O)c2cccs2)c1. The fraction of sp³-hybridized carbons (Fsp3) is 0.250. The lowest BCUT2D eigenvalue weighted by Crippen LogP contribution is -2.31. The van der Waals surface area contributed by atoms with E-state index in [0.717, 1.165) is 0 Å². The van der Waals surface area contributed by atoms with E-state index in [4.69, 9.17) is 17.3 Å². The first kappa shape index (κ1) is 17.5. The van der Waals surface area contributed by atoms with Gasteiger partial charge in [0, 0.05) is 12.1 Å². The molecule has 0 bridgehead atoms. The molecule has 0 radical (unpaired) electrons. The molecule has 5 nitrogen and oxygen atoms in total. The van der Waals surface area contributed by atoms with Crippen molar-refractivity contribution >= 4 is 40.4 Å². The Balaban J connectivity index is 2.09. The molecule has 0 aliphatic heterocycles. The Kier molecular flexibility index (Phi) is 6.15. The summed E-state index contributed by atoms with van der Waals surface area (Å²) in [6, 6.07) is 8.29. The van der Waals surface area contributed by atoms with Crippen LogP contribution in [-0.4, -0.2) is 24.9 Å². The summed E-state index contributed by atoms with van der Waals surface area (Å²) in [6.07, 6.45) is 0. The maximum atomic E-state index is 12.1. The number of hydrogen-bond acceptors (Lipinski definition) is 4. The van der Waals surface area contributed by atoms with Crippen molar-refractivity contribution in [3.05, 3.63) is 51.2 Å². The zero-order valence-electron chi connectivity index (χ0n) is 12.6. The van der Waals surface area contributed by atoms with Crippen molar-refractivity contribution in [1.29, 1.82) is 0 Å². The van der Waals surface area contributed by atoms with Gasteiger partial charge in [-0.2, -0.15) is 0 Å². The summed E-state index contributed by atoms with van der Waals surface area (Å²) in [6.45, 7) is 2.95. The molecule has 23 heavy (non-hydrogen) atoms. The van der Waals surface area contributed by atoms with Gasteiger partial charge in [-0.1, -0.05) is 24.6 Å². The van der Waals surface area contributed by atoms with Crippen LogP contribution in [0.25, 0.3) is 0 Å². The van der Waals surface area contributed by atoms with E-state index in [1.807, 2.05) is 12.3 Å². The first-order valence-electron chi connectivity index (χ1n) is 7.14. The van der Waals surface area contributed by atoms with Crippen LogP contribution < -0.4 is 16.4 Å². The summed E-state index contributed by atoms with van der Waals surface area (Å²) in [5.41, 5.74) is 6.36. The molecule has 1 aromatic carbocycles. The number of carbonyl (C=O) groups excluding carboxylic acids is 2. The van der Waals surface area contributed by atoms with Crippen LogP contribution in [0.15, 0.2) is 35.7 Å². The predicted molar refractivity (Wildman–Crippen MR) is 94.3 cm³/mol. The molecule has 7 heteroatoms. The second-order valence-electron chi connectivity index (χ2n) is 5.18. The molecule has 0 spiro atoms. The molecule has 0 saturated carbocycles. The molecule has 2 amide bonds. The van der Waals surface area contributed by atoms with E-state index < -0.39 is 0 Å². The molecule has 0 aliphatic carbocycles. The van der Waals surface area contributed by atoms with Gasteiger partial charge in [-0.3, -0.25) is 9.59 Å². The van der Waals surface area contributed by atoms with Crippen LogP contribution in [0.2, 0.25) is 5.02 Å². The normalized spacial score (nSPS) is 11.8. The van der Waals surface area contributed by atoms with Gasteiger partial charge in [0.15, 0.2) is 0 Å². The lowest BCUT2D eigenvalue weighted by molar-refractivity contribution is 0.0947. The summed E-state index contributed by atoms with van der Waals surface area (Å²) in [5.74, 6) is -0.283. The Morgan fingerprint density at radius 2 is 2.09 bits per heavy atom. The summed E-state index contributed by atoms with van der Waals surface area (Å²) < 4.78 is 0. The van der Waals surface area contributed by atoms with Crippen LogP contribution in [0.4, 0.5) is 5.69 Å². The van der Waals surface area contributed by atoms with Crippen molar-refractivity contribution in [2.75, 3.05) is 18.4 Å². The Morgan fingerprint density at radius 3 is 2.74 bits per heavy atom. The Labute approximate surface area is 143 Å². The summed E-state index contributed by atoms with van der Waals surface area (Å²) in [5, 5.41) is 7.72. The van der Waals surface area contributed by atoms with Gasteiger partial charge in [-0.15, -0.1) is 11.3 Å². The second kappa shape index (κ2) is 8.10. The van der Waals surface area contributed by atoms with E-state index in [1.165, 1.54) is 11.3 Å². The molecule has 0 aliphatic rings. The molecular formula is C16H18ClN3O2S. The molecule has 1 aromatic heterocycles. The van der Waals surface area contributed by atoms with Crippen molar-refractivity contribution < 1.29 is 9.59 Å². The van der Waals surface area contributed by atoms with Crippen molar-refractivity contribution in [2.24, 2.45) is 11.7 Å². The van der Waals surface area contributed by atoms with Crippen LogP contribution >= 0.6 is 22.9 Å². The van der Waals surface area contributed by atoms with Gasteiger partial charge in [0.25, 0.3) is 11.8 Å². The molecule has 2 aromatic rings. The van der Waals surface area contributed by atoms with E-state index in [9.17, 15) is 9.59 Å². The average Bonchev–Trinajstić information content (AvgIpc) is 3.08. The molecule has 1 heterocycles. The van der Waals surface area contributed by atoms with E-state index in [-0.39, 0.29) is 17.7 Å². The first-order chi connectivity index (χ1) is 11.0. The van der Waals surface area contributed by atoms with Crippen molar-refractivity contribution in [3.8, 4) is 0 Å². The maximum absolute atomic E-state index is 12.1. The lowest BCUT2D eigenvalue weighted by atomic mass is 10.1. The van der Waals surface area contributed by atoms with Crippen LogP contribution in [0.1, 0.15) is 27.0 Å². The Bertz CT molecular complexity index is 689. The smallest absolute Gasteiger partial charge is 0.265 e. The van der Waals surface area contributed by atoms with Crippen LogP contribution in [0, 0.1) is 5.92 Å². The number of thiophene rings is 1. The summed E-state index contributed by atoms with van der Waals surface area (Å²) >= 11 is 7.43. The van der Waals surface area contributed by atoms with E-state index >= 15 is 0 Å². The van der Waals surface area contributed by atoms with E-state index in [2.05, 4.69) is 10.6 Å². The van der Waals surface area contributed by atoms with Gasteiger partial charge in [0.2, 0.25) is 0 Å². The van der Waals surface area contributed by atoms with Crippen LogP contribution in [0.5, 0.6) is 0 Å². The molecule has 122 valence electrons. The van der Waals surface area contributed by atoms with Gasteiger partial charge >= 0.3 is 0 Å². The third-order valence-electron chi connectivity index (χ3n) is 3.24. The Morgan fingerprint density at radius 1 is 1.30 bits per heavy atom. The van der Waals surface area contributed by atoms with Gasteiger partial charge < -0.3 is 16.4 Å². The third kappa shape index (κ3) is 4.79. The highest BCUT2D eigenvalue weighted by atomic mass is 35.5. The Hall–Kier alpha value is -1.89. The van der Waals surface area contributed by atoms with Crippen molar-refractivity contribution in [2.45, 2.75) is 6.92 Å². The fourth-order valence-electron chi connectivity index (χ4n) is 1.81. The highest BCUT2D eigenvalue weighted by Gasteiger charge is 2.13. The van der Waals surface area contributed by atoms with Gasteiger partial charge in [0.05, 0.1) is 15.6 Å². The zero-order chi connectivity index (χ0) is 16.8. The standard InChI is InChI=1S/C16H18ClN3O2S/c1-10(8-18)9-19-15(21)11-4-5-12(17)13(7-11)20-16(22)14-3-2-6-23-14/h2-7,10H,8-9,18H2,1H3,(H,19,21)(H,20,22). The number of nitrogens with two attached hydrogens (primary N) is 1. The average molecular weight is 352 g/mol. The van der Waals surface area contributed by atoms with Crippen molar-refractivity contribution in [3.63, 3.8) is 0 Å². The lowest BCUT2D eigenvalue weighted by Gasteiger charge is -2.12. The number of carbonyl (C=O) groups is 2. The number of nitrogens with one attached hydrogen (secondary N) is 2. The largest absolute Gasteiger partial charge is 0.352 e. The molecular weight excluding hydrogens is 334 g/mol. The number of benzene rings is 1. The zero-order valence-corrected chi connectivity index (χ0v) is 14.2. The molecule has 4 N–H and O–H groups in total. The number of hydrogen-bond donors (Lipinski definition) is 3. The summed E-state index contributed by atoms with van der Waals surface area (Å²) in [4.78, 5) is 24.8. The number of rotatable bonds is 6. The van der Waals surface area contributed by atoms with Crippen LogP contribution in [0.3, 0.4) is 0 Å². The second-order valence-corrected chi connectivity index (χ2v) is 6.53. The number of amides is 2.